The third-order valence-corrected chi connectivity index (χ3v) is 5.96. The summed E-state index contributed by atoms with van der Waals surface area (Å²) in [7, 11) is -4.18. The first-order chi connectivity index (χ1) is 16.2. The van der Waals surface area contributed by atoms with Crippen molar-refractivity contribution in [3.8, 4) is 0 Å². The molecular formula is C23H21FN4O5S. The first-order valence-electron chi connectivity index (χ1n) is 10.0. The predicted molar refractivity (Wildman–Crippen MR) is 124 cm³/mol. The molecule has 3 rings (SSSR count). The van der Waals surface area contributed by atoms with Crippen LogP contribution in [0.2, 0.25) is 0 Å². The number of primary amides is 1. The number of halogens is 1. The Kier molecular flexibility index (Phi) is 7.59. The van der Waals surface area contributed by atoms with Gasteiger partial charge in [-0.1, -0.05) is 30.3 Å². The highest BCUT2D eigenvalue weighted by Crippen LogP contribution is 2.21. The standard InChI is InChI=1S/C23H21FN4O5S/c24-18-9-2-4-11-20(18)28-34(32,33)16-7-5-6-15(14-16)22(30)27-19-10-3-1-8-17(19)23(31)26-13-12-21(25)29/h1-11,14,28H,12-13H2,(H2,25,29)(H,26,31)(H,27,30). The Morgan fingerprint density at radius 1 is 0.853 bits per heavy atom. The molecule has 3 amide bonds. The van der Waals surface area contributed by atoms with E-state index < -0.39 is 33.6 Å². The minimum Gasteiger partial charge on any atom is -0.370 e. The molecule has 3 aromatic rings. The predicted octanol–water partition coefficient (Wildman–Crippen LogP) is 2.48. The van der Waals surface area contributed by atoms with Gasteiger partial charge in [0.15, 0.2) is 0 Å². The summed E-state index contributed by atoms with van der Waals surface area (Å²) in [6, 6.07) is 16.6. The zero-order chi connectivity index (χ0) is 24.7. The fourth-order valence-electron chi connectivity index (χ4n) is 2.93. The van der Waals surface area contributed by atoms with E-state index in [9.17, 15) is 27.2 Å². The normalized spacial score (nSPS) is 10.9. The van der Waals surface area contributed by atoms with Gasteiger partial charge in [-0.2, -0.15) is 0 Å². The monoisotopic (exact) mass is 484 g/mol. The molecule has 0 saturated carbocycles. The van der Waals surface area contributed by atoms with Crippen LogP contribution in [-0.2, 0) is 14.8 Å². The molecule has 0 spiro atoms. The van der Waals surface area contributed by atoms with Crippen molar-refractivity contribution in [2.45, 2.75) is 11.3 Å². The number of sulfonamides is 1. The number of benzene rings is 3. The molecule has 0 radical (unpaired) electrons. The number of nitrogens with one attached hydrogen (secondary N) is 3. The lowest BCUT2D eigenvalue weighted by molar-refractivity contribution is -0.117. The van der Waals surface area contributed by atoms with Crippen LogP contribution in [0.25, 0.3) is 0 Å². The largest absolute Gasteiger partial charge is 0.370 e. The van der Waals surface area contributed by atoms with Gasteiger partial charge < -0.3 is 16.4 Å². The molecule has 0 saturated heterocycles. The molecule has 0 atom stereocenters. The number of anilines is 2. The van der Waals surface area contributed by atoms with Gasteiger partial charge in [-0.05, 0) is 42.5 Å². The molecule has 0 bridgehead atoms. The van der Waals surface area contributed by atoms with Gasteiger partial charge in [-0.25, -0.2) is 12.8 Å². The van der Waals surface area contributed by atoms with Crippen LogP contribution in [0, 0.1) is 5.82 Å². The SMILES string of the molecule is NC(=O)CCNC(=O)c1ccccc1NC(=O)c1cccc(S(=O)(=O)Nc2ccccc2F)c1. The molecule has 5 N–H and O–H groups in total. The Morgan fingerprint density at radius 2 is 1.53 bits per heavy atom. The van der Waals surface area contributed by atoms with Crippen LogP contribution in [0.5, 0.6) is 0 Å². The van der Waals surface area contributed by atoms with Crippen LogP contribution in [0.1, 0.15) is 27.1 Å². The first-order valence-corrected chi connectivity index (χ1v) is 11.5. The highest BCUT2D eigenvalue weighted by molar-refractivity contribution is 7.92. The van der Waals surface area contributed by atoms with Gasteiger partial charge in [0.1, 0.15) is 5.82 Å². The molecule has 0 aliphatic rings. The highest BCUT2D eigenvalue weighted by atomic mass is 32.2. The van der Waals surface area contributed by atoms with Crippen molar-refractivity contribution < 1.29 is 27.2 Å². The Morgan fingerprint density at radius 3 is 2.24 bits per heavy atom. The molecule has 0 aliphatic carbocycles. The van der Waals surface area contributed by atoms with E-state index in [1.165, 1.54) is 48.5 Å². The van der Waals surface area contributed by atoms with Crippen molar-refractivity contribution in [1.82, 2.24) is 5.32 Å². The van der Waals surface area contributed by atoms with Crippen molar-refractivity contribution in [3.05, 3.63) is 89.7 Å². The summed E-state index contributed by atoms with van der Waals surface area (Å²) >= 11 is 0. The van der Waals surface area contributed by atoms with Gasteiger partial charge in [0.2, 0.25) is 5.91 Å². The van der Waals surface area contributed by atoms with E-state index >= 15 is 0 Å². The molecule has 176 valence electrons. The lowest BCUT2D eigenvalue weighted by Crippen LogP contribution is -2.28. The summed E-state index contributed by atoms with van der Waals surface area (Å²) in [6.07, 6.45) is -0.0392. The number of hydrogen-bond acceptors (Lipinski definition) is 5. The zero-order valence-electron chi connectivity index (χ0n) is 17.7. The van der Waals surface area contributed by atoms with Gasteiger partial charge in [0.05, 0.1) is 21.8 Å². The van der Waals surface area contributed by atoms with E-state index in [1.54, 1.807) is 12.1 Å². The van der Waals surface area contributed by atoms with Gasteiger partial charge >= 0.3 is 0 Å². The average Bonchev–Trinajstić information content (AvgIpc) is 2.80. The summed E-state index contributed by atoms with van der Waals surface area (Å²) in [5, 5.41) is 5.11. The molecule has 9 nitrogen and oxygen atoms in total. The molecule has 0 fully saturated rings. The van der Waals surface area contributed by atoms with Crippen molar-refractivity contribution in [2.75, 3.05) is 16.6 Å². The third kappa shape index (κ3) is 6.17. The number of carbonyl (C=O) groups is 3. The second-order valence-electron chi connectivity index (χ2n) is 7.09. The molecule has 11 heteroatoms. The minimum atomic E-state index is -4.18. The lowest BCUT2D eigenvalue weighted by Gasteiger charge is -2.12. The van der Waals surface area contributed by atoms with E-state index in [0.29, 0.717) is 0 Å². The van der Waals surface area contributed by atoms with E-state index in [4.69, 9.17) is 5.73 Å². The number of rotatable bonds is 9. The second-order valence-corrected chi connectivity index (χ2v) is 8.77. The Balaban J connectivity index is 1.78. The summed E-state index contributed by atoms with van der Waals surface area (Å²) in [6.45, 7) is 0.0331. The summed E-state index contributed by atoms with van der Waals surface area (Å²) in [5.74, 6) is -2.50. The van der Waals surface area contributed by atoms with Crippen molar-refractivity contribution >= 4 is 39.1 Å². The molecule has 0 aliphatic heterocycles. The molecule has 0 heterocycles. The number of hydrogen-bond donors (Lipinski definition) is 4. The van der Waals surface area contributed by atoms with Gasteiger partial charge in [-0.3, -0.25) is 19.1 Å². The van der Waals surface area contributed by atoms with E-state index in [1.807, 2.05) is 0 Å². The summed E-state index contributed by atoms with van der Waals surface area (Å²) < 4.78 is 41.4. The van der Waals surface area contributed by atoms with Gasteiger partial charge in [0, 0.05) is 18.5 Å². The van der Waals surface area contributed by atoms with Crippen LogP contribution >= 0.6 is 0 Å². The van der Waals surface area contributed by atoms with Crippen molar-refractivity contribution in [3.63, 3.8) is 0 Å². The van der Waals surface area contributed by atoms with E-state index in [-0.39, 0.29) is 40.4 Å². The number of nitrogens with two attached hydrogens (primary N) is 1. The van der Waals surface area contributed by atoms with Crippen LogP contribution in [0.4, 0.5) is 15.8 Å². The maximum absolute atomic E-state index is 13.9. The lowest BCUT2D eigenvalue weighted by atomic mass is 10.1. The van der Waals surface area contributed by atoms with Crippen LogP contribution < -0.4 is 21.1 Å². The topological polar surface area (TPSA) is 147 Å². The van der Waals surface area contributed by atoms with Gasteiger partial charge in [-0.15, -0.1) is 0 Å². The molecule has 34 heavy (non-hydrogen) atoms. The average molecular weight is 485 g/mol. The van der Waals surface area contributed by atoms with Gasteiger partial charge in [0.25, 0.3) is 21.8 Å². The third-order valence-electron chi connectivity index (χ3n) is 4.60. The fraction of sp³-hybridized carbons (Fsp3) is 0.0870. The molecule has 0 unspecified atom stereocenters. The number of amides is 3. The van der Waals surface area contributed by atoms with Crippen LogP contribution in [0.15, 0.2) is 77.7 Å². The van der Waals surface area contributed by atoms with E-state index in [0.717, 1.165) is 12.1 Å². The van der Waals surface area contributed by atoms with Crippen molar-refractivity contribution in [1.29, 1.82) is 0 Å². The number of carbonyl (C=O) groups excluding carboxylic acids is 3. The molecule has 3 aromatic carbocycles. The maximum atomic E-state index is 13.9. The Labute approximate surface area is 195 Å². The van der Waals surface area contributed by atoms with Crippen molar-refractivity contribution in [2.24, 2.45) is 5.73 Å². The first kappa shape index (κ1) is 24.4. The quantitative estimate of drug-likeness (QED) is 0.368. The number of para-hydroxylation sites is 2. The summed E-state index contributed by atoms with van der Waals surface area (Å²) in [5.41, 5.74) is 5.16. The Hall–Kier alpha value is -4.25. The smallest absolute Gasteiger partial charge is 0.262 e. The summed E-state index contributed by atoms with van der Waals surface area (Å²) in [4.78, 5) is 35.8. The minimum absolute atomic E-state index is 0.000322. The Bertz CT molecular complexity index is 1340. The second kappa shape index (κ2) is 10.6. The van der Waals surface area contributed by atoms with E-state index in [2.05, 4.69) is 15.4 Å². The highest BCUT2D eigenvalue weighted by Gasteiger charge is 2.19. The zero-order valence-corrected chi connectivity index (χ0v) is 18.6. The fourth-order valence-corrected chi connectivity index (χ4v) is 4.04. The molecular weight excluding hydrogens is 463 g/mol. The van der Waals surface area contributed by atoms with Crippen LogP contribution in [-0.4, -0.2) is 32.7 Å². The maximum Gasteiger partial charge on any atom is 0.262 e. The van der Waals surface area contributed by atoms with Crippen LogP contribution in [0.3, 0.4) is 0 Å². The molecule has 0 aromatic heterocycles.